The number of methoxy groups -OCH3 is 1. The third kappa shape index (κ3) is 5.63. The second-order valence-electron chi connectivity index (χ2n) is 4.29. The molecule has 0 bridgehead atoms. The number of rotatable bonds is 7. The van der Waals surface area contributed by atoms with Gasteiger partial charge in [-0.05, 0) is 31.5 Å². The molecule has 1 amide bonds. The Morgan fingerprint density at radius 3 is 2.53 bits per heavy atom. The number of carbonyl (C=O) groups excluding carboxylic acids is 1. The highest BCUT2D eigenvalue weighted by Gasteiger charge is 2.13. The molecule has 2 N–H and O–H groups in total. The zero-order valence-corrected chi connectivity index (χ0v) is 12.4. The van der Waals surface area contributed by atoms with Crippen molar-refractivity contribution in [2.75, 3.05) is 20.3 Å². The number of nitrogens with one attached hydrogen (secondary N) is 1. The van der Waals surface area contributed by atoms with Crippen LogP contribution in [0, 0.1) is 0 Å². The fourth-order valence-electron chi connectivity index (χ4n) is 1.50. The number of ether oxygens (including phenoxy) is 1. The van der Waals surface area contributed by atoms with E-state index >= 15 is 0 Å². The molecule has 0 heterocycles. The Labute approximate surface area is 118 Å². The molecule has 5 heteroatoms. The van der Waals surface area contributed by atoms with Gasteiger partial charge in [0.25, 0.3) is 0 Å². The van der Waals surface area contributed by atoms with Gasteiger partial charge in [0.05, 0.1) is 18.0 Å². The van der Waals surface area contributed by atoms with Gasteiger partial charge in [0, 0.05) is 18.6 Å². The lowest BCUT2D eigenvalue weighted by Crippen LogP contribution is -2.33. The molecule has 1 rings (SSSR count). The van der Waals surface area contributed by atoms with Gasteiger partial charge in [-0.25, -0.2) is 0 Å². The molecule has 2 atom stereocenters. The van der Waals surface area contributed by atoms with Crippen molar-refractivity contribution in [3.05, 3.63) is 29.8 Å². The predicted molar refractivity (Wildman–Crippen MR) is 77.3 cm³/mol. The maximum Gasteiger partial charge on any atom is 0.233 e. The van der Waals surface area contributed by atoms with Crippen LogP contribution < -0.4 is 5.32 Å². The summed E-state index contributed by atoms with van der Waals surface area (Å²) in [6.07, 6.45) is -0.464. The van der Waals surface area contributed by atoms with E-state index in [2.05, 4.69) is 5.32 Å². The SMILES string of the molecule is COCCNC(=O)C(C)Sc1ccc(C(C)O)cc1. The van der Waals surface area contributed by atoms with Crippen LogP contribution >= 0.6 is 11.8 Å². The molecule has 0 aromatic heterocycles. The second-order valence-corrected chi connectivity index (χ2v) is 5.70. The van der Waals surface area contributed by atoms with E-state index in [1.54, 1.807) is 14.0 Å². The fraction of sp³-hybridized carbons (Fsp3) is 0.500. The van der Waals surface area contributed by atoms with E-state index in [1.807, 2.05) is 31.2 Å². The van der Waals surface area contributed by atoms with Gasteiger partial charge in [0.15, 0.2) is 0 Å². The summed E-state index contributed by atoms with van der Waals surface area (Å²) >= 11 is 1.50. The summed E-state index contributed by atoms with van der Waals surface area (Å²) in [5, 5.41) is 12.1. The minimum atomic E-state index is -0.464. The number of benzene rings is 1. The Kier molecular flexibility index (Phi) is 6.91. The molecule has 106 valence electrons. The average molecular weight is 283 g/mol. The largest absolute Gasteiger partial charge is 0.389 e. The van der Waals surface area contributed by atoms with Gasteiger partial charge >= 0.3 is 0 Å². The summed E-state index contributed by atoms with van der Waals surface area (Å²) in [4.78, 5) is 12.8. The monoisotopic (exact) mass is 283 g/mol. The standard InChI is InChI=1S/C14H21NO3S/c1-10(16)12-4-6-13(7-5-12)19-11(2)14(17)15-8-9-18-3/h4-7,10-11,16H,8-9H2,1-3H3,(H,15,17). The summed E-state index contributed by atoms with van der Waals surface area (Å²) in [7, 11) is 1.61. The number of carbonyl (C=O) groups is 1. The van der Waals surface area contributed by atoms with Crippen molar-refractivity contribution in [1.29, 1.82) is 0 Å². The third-order valence-corrected chi connectivity index (χ3v) is 3.76. The number of aliphatic hydroxyl groups excluding tert-OH is 1. The Morgan fingerprint density at radius 1 is 1.37 bits per heavy atom. The summed E-state index contributed by atoms with van der Waals surface area (Å²) in [5.41, 5.74) is 0.876. The van der Waals surface area contributed by atoms with Gasteiger partial charge in [-0.15, -0.1) is 11.8 Å². The molecule has 0 saturated heterocycles. The molecule has 0 radical (unpaired) electrons. The molecule has 1 aromatic carbocycles. The Bertz CT molecular complexity index is 392. The van der Waals surface area contributed by atoms with Crippen molar-refractivity contribution >= 4 is 17.7 Å². The molecule has 0 fully saturated rings. The molecule has 4 nitrogen and oxygen atoms in total. The van der Waals surface area contributed by atoms with Gasteiger partial charge in [-0.1, -0.05) is 12.1 Å². The molecule has 0 saturated carbocycles. The highest BCUT2D eigenvalue weighted by Crippen LogP contribution is 2.24. The van der Waals surface area contributed by atoms with E-state index < -0.39 is 6.10 Å². The lowest BCUT2D eigenvalue weighted by Gasteiger charge is -2.12. The predicted octanol–water partition coefficient (Wildman–Crippen LogP) is 1.98. The molecule has 0 aliphatic heterocycles. The van der Waals surface area contributed by atoms with Crippen LogP contribution in [0.5, 0.6) is 0 Å². The van der Waals surface area contributed by atoms with Gasteiger partial charge < -0.3 is 15.2 Å². The summed E-state index contributed by atoms with van der Waals surface area (Å²) in [6.45, 7) is 4.65. The van der Waals surface area contributed by atoms with Crippen LogP contribution in [0.3, 0.4) is 0 Å². The minimum absolute atomic E-state index is 0.00153. The van der Waals surface area contributed by atoms with Gasteiger partial charge in [0.1, 0.15) is 0 Å². The first kappa shape index (κ1) is 16.0. The molecule has 0 aliphatic rings. The quantitative estimate of drug-likeness (QED) is 0.593. The number of hydrogen-bond donors (Lipinski definition) is 2. The first-order chi connectivity index (χ1) is 9.04. The topological polar surface area (TPSA) is 58.6 Å². The van der Waals surface area contributed by atoms with E-state index in [-0.39, 0.29) is 11.2 Å². The van der Waals surface area contributed by atoms with Crippen molar-refractivity contribution in [3.8, 4) is 0 Å². The molecule has 2 unspecified atom stereocenters. The van der Waals surface area contributed by atoms with Crippen LogP contribution in [0.1, 0.15) is 25.5 Å². The summed E-state index contributed by atoms with van der Waals surface area (Å²) in [6, 6.07) is 7.60. The lowest BCUT2D eigenvalue weighted by atomic mass is 10.1. The molecule has 0 spiro atoms. The van der Waals surface area contributed by atoms with Crippen molar-refractivity contribution in [2.24, 2.45) is 0 Å². The first-order valence-corrected chi connectivity index (χ1v) is 7.14. The van der Waals surface area contributed by atoms with Crippen LogP contribution in [0.4, 0.5) is 0 Å². The highest BCUT2D eigenvalue weighted by molar-refractivity contribution is 8.00. The number of thioether (sulfide) groups is 1. The Hall–Kier alpha value is -1.04. The van der Waals surface area contributed by atoms with E-state index in [4.69, 9.17) is 4.74 Å². The molecular weight excluding hydrogens is 262 g/mol. The summed E-state index contributed by atoms with van der Waals surface area (Å²) < 4.78 is 4.88. The van der Waals surface area contributed by atoms with E-state index in [9.17, 15) is 9.90 Å². The highest BCUT2D eigenvalue weighted by atomic mass is 32.2. The zero-order valence-electron chi connectivity index (χ0n) is 11.6. The van der Waals surface area contributed by atoms with Gasteiger partial charge in [-0.3, -0.25) is 4.79 Å². The maximum atomic E-state index is 11.8. The average Bonchev–Trinajstić information content (AvgIpc) is 2.39. The van der Waals surface area contributed by atoms with Crippen LogP contribution in [-0.4, -0.2) is 36.5 Å². The van der Waals surface area contributed by atoms with Gasteiger partial charge in [0.2, 0.25) is 5.91 Å². The lowest BCUT2D eigenvalue weighted by molar-refractivity contribution is -0.120. The van der Waals surface area contributed by atoms with Crippen molar-refractivity contribution in [1.82, 2.24) is 5.32 Å². The third-order valence-electron chi connectivity index (χ3n) is 2.65. The van der Waals surface area contributed by atoms with E-state index in [0.29, 0.717) is 13.2 Å². The molecular formula is C14H21NO3S. The second kappa shape index (κ2) is 8.19. The van der Waals surface area contributed by atoms with Crippen LogP contribution in [0.25, 0.3) is 0 Å². The van der Waals surface area contributed by atoms with Crippen molar-refractivity contribution < 1.29 is 14.6 Å². The molecule has 1 aromatic rings. The maximum absolute atomic E-state index is 11.8. The number of amides is 1. The number of aliphatic hydroxyl groups is 1. The zero-order chi connectivity index (χ0) is 14.3. The van der Waals surface area contributed by atoms with Crippen LogP contribution in [0.2, 0.25) is 0 Å². The number of hydrogen-bond acceptors (Lipinski definition) is 4. The molecule has 0 aliphatic carbocycles. The summed E-state index contributed by atoms with van der Waals surface area (Å²) in [5.74, 6) is 0.00153. The van der Waals surface area contributed by atoms with Crippen molar-refractivity contribution in [3.63, 3.8) is 0 Å². The van der Waals surface area contributed by atoms with Crippen LogP contribution in [-0.2, 0) is 9.53 Å². The Morgan fingerprint density at radius 2 is 2.00 bits per heavy atom. The Balaban J connectivity index is 2.47. The minimum Gasteiger partial charge on any atom is -0.389 e. The fourth-order valence-corrected chi connectivity index (χ4v) is 2.39. The smallest absolute Gasteiger partial charge is 0.233 e. The van der Waals surface area contributed by atoms with Gasteiger partial charge in [-0.2, -0.15) is 0 Å². The first-order valence-electron chi connectivity index (χ1n) is 6.26. The normalized spacial score (nSPS) is 13.9. The van der Waals surface area contributed by atoms with E-state index in [0.717, 1.165) is 10.5 Å². The van der Waals surface area contributed by atoms with E-state index in [1.165, 1.54) is 11.8 Å². The van der Waals surface area contributed by atoms with Crippen molar-refractivity contribution in [2.45, 2.75) is 30.1 Å². The van der Waals surface area contributed by atoms with Crippen LogP contribution in [0.15, 0.2) is 29.2 Å². The molecule has 19 heavy (non-hydrogen) atoms.